The summed E-state index contributed by atoms with van der Waals surface area (Å²) in [6.07, 6.45) is 4.97. The molecular weight excluding hydrogens is 434 g/mol. The van der Waals surface area contributed by atoms with Crippen LogP contribution in [0.4, 0.5) is 11.6 Å². The second kappa shape index (κ2) is 9.17. The Morgan fingerprint density at radius 1 is 0.771 bits per heavy atom. The smallest absolute Gasteiger partial charge is 0.151 e. The summed E-state index contributed by atoms with van der Waals surface area (Å²) in [5.41, 5.74) is 7.24. The number of fused-ring (bicyclic) bond motifs is 2. The number of piperazine rings is 1. The number of pyridine rings is 1. The molecule has 35 heavy (non-hydrogen) atoms. The Morgan fingerprint density at radius 2 is 1.54 bits per heavy atom. The van der Waals surface area contributed by atoms with Crippen LogP contribution in [0.1, 0.15) is 29.5 Å². The highest BCUT2D eigenvalue weighted by atomic mass is 16.5. The monoisotopic (exact) mass is 465 g/mol. The van der Waals surface area contributed by atoms with Crippen molar-refractivity contribution < 1.29 is 4.74 Å². The zero-order valence-electron chi connectivity index (χ0n) is 20.5. The van der Waals surface area contributed by atoms with Crippen LogP contribution in [-0.2, 0) is 12.8 Å². The Labute approximate surface area is 206 Å². The van der Waals surface area contributed by atoms with Crippen molar-refractivity contribution in [3.63, 3.8) is 0 Å². The van der Waals surface area contributed by atoms with Crippen molar-refractivity contribution in [2.45, 2.75) is 32.6 Å². The van der Waals surface area contributed by atoms with Gasteiger partial charge in [-0.3, -0.25) is 0 Å². The lowest BCUT2D eigenvalue weighted by Gasteiger charge is -2.36. The summed E-state index contributed by atoms with van der Waals surface area (Å²) in [7, 11) is 1.70. The van der Waals surface area contributed by atoms with E-state index in [1.165, 1.54) is 47.9 Å². The lowest BCUT2D eigenvalue weighted by molar-refractivity contribution is 0.419. The van der Waals surface area contributed by atoms with E-state index in [4.69, 9.17) is 9.72 Å². The number of ether oxygens (including phenoxy) is 1. The summed E-state index contributed by atoms with van der Waals surface area (Å²) < 4.78 is 5.56. The van der Waals surface area contributed by atoms with E-state index in [9.17, 15) is 0 Å². The maximum absolute atomic E-state index is 5.56. The molecule has 0 atom stereocenters. The van der Waals surface area contributed by atoms with Crippen molar-refractivity contribution in [3.05, 3.63) is 71.3 Å². The molecule has 2 aromatic heterocycles. The van der Waals surface area contributed by atoms with Crippen LogP contribution in [0.2, 0.25) is 0 Å². The highest BCUT2D eigenvalue weighted by Crippen LogP contribution is 2.30. The molecule has 6 nitrogen and oxygen atoms in total. The van der Waals surface area contributed by atoms with Crippen LogP contribution < -0.4 is 14.5 Å². The molecule has 0 bridgehead atoms. The fourth-order valence-corrected chi connectivity index (χ4v) is 5.41. The van der Waals surface area contributed by atoms with Gasteiger partial charge in [0.05, 0.1) is 12.8 Å². The summed E-state index contributed by atoms with van der Waals surface area (Å²) in [5, 5.41) is 10.3. The van der Waals surface area contributed by atoms with Gasteiger partial charge in [0, 0.05) is 37.1 Å². The van der Waals surface area contributed by atoms with Crippen LogP contribution in [0, 0.1) is 6.92 Å². The standard InChI is InChI=1S/C29H31N5O/c1-20-18-28(30-29-24(20)8-5-9-26(29)35-2)34-16-14-33(15-17-34)27-13-12-25(31-32-27)23-11-10-21-6-3-4-7-22(21)19-23/h5,8-13,18-19H,3-4,6-7,14-17H2,1-2H3. The Bertz CT molecular complexity index is 1360. The molecule has 0 unspecified atom stereocenters. The third kappa shape index (κ3) is 4.18. The summed E-state index contributed by atoms with van der Waals surface area (Å²) in [6.45, 7) is 5.70. The third-order valence-electron chi connectivity index (χ3n) is 7.44. The van der Waals surface area contributed by atoms with Crippen LogP contribution in [0.3, 0.4) is 0 Å². The highest BCUT2D eigenvalue weighted by molar-refractivity contribution is 5.89. The molecule has 2 aliphatic rings. The Morgan fingerprint density at radius 3 is 2.29 bits per heavy atom. The second-order valence-corrected chi connectivity index (χ2v) is 9.60. The van der Waals surface area contributed by atoms with Gasteiger partial charge in [-0.25, -0.2) is 4.98 Å². The number of rotatable bonds is 4. The first-order valence-corrected chi connectivity index (χ1v) is 12.6. The van der Waals surface area contributed by atoms with E-state index in [1.807, 2.05) is 12.1 Å². The van der Waals surface area contributed by atoms with E-state index in [2.05, 4.69) is 69.4 Å². The first kappa shape index (κ1) is 21.8. The van der Waals surface area contributed by atoms with Gasteiger partial charge in [-0.1, -0.05) is 24.3 Å². The van der Waals surface area contributed by atoms with Crippen LogP contribution in [-0.4, -0.2) is 48.5 Å². The van der Waals surface area contributed by atoms with Gasteiger partial charge < -0.3 is 14.5 Å². The number of nitrogens with zero attached hydrogens (tertiary/aromatic N) is 5. The molecule has 4 aromatic rings. The molecule has 0 spiro atoms. The van der Waals surface area contributed by atoms with Crippen molar-refractivity contribution >= 4 is 22.5 Å². The normalized spacial score (nSPS) is 15.8. The molecule has 1 fully saturated rings. The van der Waals surface area contributed by atoms with Crippen molar-refractivity contribution in [2.75, 3.05) is 43.1 Å². The van der Waals surface area contributed by atoms with Crippen molar-refractivity contribution in [1.29, 1.82) is 0 Å². The number of anilines is 2. The summed E-state index contributed by atoms with van der Waals surface area (Å²) in [5.74, 6) is 2.77. The molecule has 1 aliphatic heterocycles. The summed E-state index contributed by atoms with van der Waals surface area (Å²) >= 11 is 0. The van der Waals surface area contributed by atoms with Gasteiger partial charge in [0.15, 0.2) is 5.82 Å². The Hall–Kier alpha value is -3.67. The van der Waals surface area contributed by atoms with E-state index < -0.39 is 0 Å². The number of aryl methyl sites for hydroxylation is 3. The molecule has 3 heterocycles. The minimum Gasteiger partial charge on any atom is -0.494 e. The molecule has 6 rings (SSSR count). The summed E-state index contributed by atoms with van der Waals surface area (Å²) in [4.78, 5) is 9.62. The van der Waals surface area contributed by atoms with Gasteiger partial charge in [0.2, 0.25) is 0 Å². The number of hydrogen-bond donors (Lipinski definition) is 0. The molecule has 2 aromatic carbocycles. The first-order chi connectivity index (χ1) is 17.2. The maximum Gasteiger partial charge on any atom is 0.151 e. The molecule has 1 saturated heterocycles. The number of aromatic nitrogens is 3. The van der Waals surface area contributed by atoms with Crippen LogP contribution in [0.5, 0.6) is 5.75 Å². The van der Waals surface area contributed by atoms with Crippen molar-refractivity contribution in [3.8, 4) is 17.0 Å². The van der Waals surface area contributed by atoms with E-state index in [1.54, 1.807) is 7.11 Å². The predicted molar refractivity (Wildman–Crippen MR) is 142 cm³/mol. The number of benzene rings is 2. The lowest BCUT2D eigenvalue weighted by atomic mass is 9.90. The van der Waals surface area contributed by atoms with E-state index in [0.717, 1.165) is 60.2 Å². The molecule has 6 heteroatoms. The molecule has 0 amide bonds. The van der Waals surface area contributed by atoms with Gasteiger partial charge in [0.25, 0.3) is 0 Å². The quantitative estimate of drug-likeness (QED) is 0.412. The molecule has 0 saturated carbocycles. The molecule has 0 N–H and O–H groups in total. The average Bonchev–Trinajstić information content (AvgIpc) is 2.92. The summed E-state index contributed by atoms with van der Waals surface area (Å²) in [6, 6.07) is 19.3. The largest absolute Gasteiger partial charge is 0.494 e. The minimum atomic E-state index is 0.820. The SMILES string of the molecule is COc1cccc2c(C)cc(N3CCN(c4ccc(-c5ccc6c(c5)CCCC6)nn4)CC3)nc12. The number of hydrogen-bond acceptors (Lipinski definition) is 6. The second-order valence-electron chi connectivity index (χ2n) is 9.60. The topological polar surface area (TPSA) is 54.4 Å². The number of para-hydroxylation sites is 1. The van der Waals surface area contributed by atoms with Crippen LogP contribution in [0.25, 0.3) is 22.2 Å². The zero-order valence-corrected chi connectivity index (χ0v) is 20.5. The van der Waals surface area contributed by atoms with Gasteiger partial charge in [0.1, 0.15) is 17.1 Å². The van der Waals surface area contributed by atoms with E-state index >= 15 is 0 Å². The Kier molecular flexibility index (Phi) is 5.72. The van der Waals surface area contributed by atoms with E-state index in [0.29, 0.717) is 0 Å². The zero-order chi connectivity index (χ0) is 23.8. The molecule has 1 aliphatic carbocycles. The molecule has 0 radical (unpaired) electrons. The third-order valence-corrected chi connectivity index (χ3v) is 7.44. The minimum absolute atomic E-state index is 0.820. The van der Waals surface area contributed by atoms with Gasteiger partial charge >= 0.3 is 0 Å². The number of methoxy groups -OCH3 is 1. The average molecular weight is 466 g/mol. The van der Waals surface area contributed by atoms with Gasteiger partial charge in [-0.05, 0) is 79.6 Å². The van der Waals surface area contributed by atoms with Gasteiger partial charge in [-0.2, -0.15) is 0 Å². The highest BCUT2D eigenvalue weighted by Gasteiger charge is 2.21. The lowest BCUT2D eigenvalue weighted by Crippen LogP contribution is -2.47. The fraction of sp³-hybridized carbons (Fsp3) is 0.345. The van der Waals surface area contributed by atoms with Crippen LogP contribution in [0.15, 0.2) is 54.6 Å². The van der Waals surface area contributed by atoms with Crippen molar-refractivity contribution in [2.24, 2.45) is 0 Å². The van der Waals surface area contributed by atoms with E-state index in [-0.39, 0.29) is 0 Å². The van der Waals surface area contributed by atoms with Crippen LogP contribution >= 0.6 is 0 Å². The fourth-order valence-electron chi connectivity index (χ4n) is 5.41. The van der Waals surface area contributed by atoms with Crippen molar-refractivity contribution in [1.82, 2.24) is 15.2 Å². The Balaban J connectivity index is 1.16. The maximum atomic E-state index is 5.56. The molecule has 178 valence electrons. The predicted octanol–water partition coefficient (Wildman–Crippen LogP) is 5.21. The molecular formula is C29H31N5O. The van der Waals surface area contributed by atoms with Gasteiger partial charge in [-0.15, -0.1) is 10.2 Å². The first-order valence-electron chi connectivity index (χ1n) is 12.6.